The Bertz CT molecular complexity index is 1090. The first-order valence-corrected chi connectivity index (χ1v) is 10.9. The highest BCUT2D eigenvalue weighted by Gasteiger charge is 2.25. The van der Waals surface area contributed by atoms with Crippen molar-refractivity contribution in [1.29, 1.82) is 0 Å². The highest BCUT2D eigenvalue weighted by Crippen LogP contribution is 2.33. The molecule has 0 aliphatic carbocycles. The molecule has 2 fully saturated rings. The Labute approximate surface area is 156 Å². The summed E-state index contributed by atoms with van der Waals surface area (Å²) in [6, 6.07) is 3.98. The predicted molar refractivity (Wildman–Crippen MR) is 103 cm³/mol. The first kappa shape index (κ1) is 16.7. The minimum Gasteiger partial charge on any atom is -0.377 e. The molecule has 5 rings (SSSR count). The molecule has 2 aliphatic heterocycles. The van der Waals surface area contributed by atoms with E-state index < -0.39 is 9.73 Å². The smallest absolute Gasteiger partial charge is 0.169 e. The third-order valence-corrected chi connectivity index (χ3v) is 7.46. The van der Waals surface area contributed by atoms with Gasteiger partial charge >= 0.3 is 0 Å². The van der Waals surface area contributed by atoms with Gasteiger partial charge in [-0.25, -0.2) is 9.19 Å². The van der Waals surface area contributed by atoms with E-state index in [2.05, 4.69) is 31.5 Å². The molecule has 2 saturated heterocycles. The van der Waals surface area contributed by atoms with E-state index in [1.54, 1.807) is 17.1 Å². The summed E-state index contributed by atoms with van der Waals surface area (Å²) >= 11 is 0. The van der Waals surface area contributed by atoms with Crippen molar-refractivity contribution in [2.24, 2.45) is 4.36 Å². The number of ether oxygens (including phenoxy) is 1. The average Bonchev–Trinajstić information content (AvgIpc) is 3.30. The van der Waals surface area contributed by atoms with Gasteiger partial charge < -0.3 is 9.64 Å². The van der Waals surface area contributed by atoms with Gasteiger partial charge in [-0.05, 0) is 13.3 Å². The average molecular weight is 387 g/mol. The van der Waals surface area contributed by atoms with Crippen molar-refractivity contribution in [3.05, 3.63) is 24.5 Å². The van der Waals surface area contributed by atoms with Crippen molar-refractivity contribution in [2.45, 2.75) is 19.4 Å². The van der Waals surface area contributed by atoms with Gasteiger partial charge in [0.15, 0.2) is 11.5 Å². The molecule has 27 heavy (non-hydrogen) atoms. The molecule has 1 N–H and O–H groups in total. The number of hydrogen-bond donors (Lipinski definition) is 1. The van der Waals surface area contributed by atoms with E-state index in [0.717, 1.165) is 30.0 Å². The molecule has 1 atom stereocenters. The maximum absolute atomic E-state index is 12.8. The van der Waals surface area contributed by atoms with Crippen LogP contribution in [0.4, 0.5) is 11.5 Å². The zero-order chi connectivity index (χ0) is 18.4. The number of morpholine rings is 1. The van der Waals surface area contributed by atoms with Crippen LogP contribution in [0.3, 0.4) is 0 Å². The lowest BCUT2D eigenvalue weighted by molar-refractivity contribution is 0.0985. The Kier molecular flexibility index (Phi) is 3.90. The fraction of sp³-hybridized carbons (Fsp3) is 0.471. The summed E-state index contributed by atoms with van der Waals surface area (Å²) in [5.41, 5.74) is 1.38. The molecule has 10 heteroatoms. The Morgan fingerprint density at radius 2 is 2.30 bits per heavy atom. The number of anilines is 1. The summed E-state index contributed by atoms with van der Waals surface area (Å²) in [7, 11) is -2.14. The van der Waals surface area contributed by atoms with Gasteiger partial charge in [-0.1, -0.05) is 0 Å². The molecule has 5 heterocycles. The molecular formula is C17H21N7O2S. The van der Waals surface area contributed by atoms with Crippen LogP contribution in [0.15, 0.2) is 28.9 Å². The van der Waals surface area contributed by atoms with Crippen molar-refractivity contribution in [1.82, 2.24) is 25.0 Å². The van der Waals surface area contributed by atoms with Crippen LogP contribution in [0.2, 0.25) is 0 Å². The highest BCUT2D eigenvalue weighted by atomic mass is 32.2. The van der Waals surface area contributed by atoms with Gasteiger partial charge in [0, 0.05) is 30.2 Å². The maximum atomic E-state index is 12.8. The van der Waals surface area contributed by atoms with Gasteiger partial charge in [-0.2, -0.15) is 19.2 Å². The number of aromatic nitrogens is 5. The molecule has 2 aliphatic rings. The second-order valence-corrected chi connectivity index (χ2v) is 9.52. The van der Waals surface area contributed by atoms with Crippen LogP contribution < -0.4 is 4.90 Å². The molecular weight excluding hydrogens is 366 g/mol. The number of aromatic amines is 1. The summed E-state index contributed by atoms with van der Waals surface area (Å²) in [5, 5.41) is 12.2. The van der Waals surface area contributed by atoms with Crippen molar-refractivity contribution in [3.63, 3.8) is 0 Å². The van der Waals surface area contributed by atoms with E-state index in [9.17, 15) is 4.21 Å². The molecule has 0 radical (unpaired) electrons. The van der Waals surface area contributed by atoms with E-state index in [0.29, 0.717) is 36.1 Å². The van der Waals surface area contributed by atoms with Crippen molar-refractivity contribution < 1.29 is 8.95 Å². The minimum absolute atomic E-state index is 0.206. The van der Waals surface area contributed by atoms with Crippen LogP contribution in [-0.2, 0) is 14.5 Å². The molecule has 9 nitrogen and oxygen atoms in total. The van der Waals surface area contributed by atoms with Gasteiger partial charge in [0.05, 0.1) is 52.5 Å². The number of H-pyrrole nitrogens is 1. The molecule has 0 bridgehead atoms. The Morgan fingerprint density at radius 3 is 3.00 bits per heavy atom. The summed E-state index contributed by atoms with van der Waals surface area (Å²) in [4.78, 5) is 7.08. The fourth-order valence-electron chi connectivity index (χ4n) is 3.47. The molecule has 142 valence electrons. The number of nitrogens with one attached hydrogen (secondary N) is 1. The van der Waals surface area contributed by atoms with Crippen LogP contribution in [0.25, 0.3) is 16.9 Å². The lowest BCUT2D eigenvalue weighted by atomic mass is 10.2. The zero-order valence-corrected chi connectivity index (χ0v) is 15.9. The molecule has 0 aromatic carbocycles. The lowest BCUT2D eigenvalue weighted by Gasteiger charge is -2.34. The summed E-state index contributed by atoms with van der Waals surface area (Å²) < 4.78 is 24.7. The molecule has 0 saturated carbocycles. The number of nitrogens with zero attached hydrogens (tertiary/aromatic N) is 6. The van der Waals surface area contributed by atoms with E-state index in [1.807, 2.05) is 12.1 Å². The maximum Gasteiger partial charge on any atom is 0.169 e. The van der Waals surface area contributed by atoms with Crippen molar-refractivity contribution in [3.8, 4) is 5.82 Å². The van der Waals surface area contributed by atoms with E-state index in [4.69, 9.17) is 9.72 Å². The summed E-state index contributed by atoms with van der Waals surface area (Å²) in [6.45, 7) is 4.18. The normalized spacial score (nSPS) is 22.0. The quantitative estimate of drug-likeness (QED) is 0.736. The standard InChI is InChI=1S/C17H21N7O2S/c1-12-11-26-6-5-23(12)16-9-14(22-27(25)7-2-8-27)13-10-19-24(17(13)20-16)15-3-4-18-21-15/h3-4,9-10,12H,2,5-8,11H2,1H3,(H,18,21)/t12-/m1/s1. The fourth-order valence-corrected chi connectivity index (χ4v) is 4.94. The predicted octanol–water partition coefficient (Wildman–Crippen LogP) is 1.87. The van der Waals surface area contributed by atoms with Gasteiger partial charge in [0.2, 0.25) is 0 Å². The van der Waals surface area contributed by atoms with E-state index >= 15 is 0 Å². The van der Waals surface area contributed by atoms with Crippen LogP contribution in [0.1, 0.15) is 13.3 Å². The SMILES string of the molecule is C[C@@H]1COCCN1c1cc(N=S2(=O)CCC2)c2cnn(-c3ccn[nH]3)c2n1. The zero-order valence-electron chi connectivity index (χ0n) is 15.0. The first-order valence-electron chi connectivity index (χ1n) is 9.08. The van der Waals surface area contributed by atoms with Crippen LogP contribution in [-0.4, -0.2) is 66.5 Å². The molecule has 0 amide bonds. The molecule has 3 aromatic heterocycles. The largest absolute Gasteiger partial charge is 0.377 e. The van der Waals surface area contributed by atoms with Gasteiger partial charge in [0.1, 0.15) is 5.82 Å². The summed E-state index contributed by atoms with van der Waals surface area (Å²) in [6.07, 6.45) is 4.38. The van der Waals surface area contributed by atoms with Crippen LogP contribution in [0.5, 0.6) is 0 Å². The lowest BCUT2D eigenvalue weighted by Crippen LogP contribution is -2.44. The Morgan fingerprint density at radius 1 is 1.41 bits per heavy atom. The van der Waals surface area contributed by atoms with Crippen LogP contribution >= 0.6 is 0 Å². The Balaban J connectivity index is 1.72. The topological polar surface area (TPSA) is 101 Å². The second kappa shape index (κ2) is 6.31. The Hall–Kier alpha value is -2.46. The first-order chi connectivity index (χ1) is 13.1. The minimum atomic E-state index is -2.14. The summed E-state index contributed by atoms with van der Waals surface area (Å²) in [5.74, 6) is 2.85. The van der Waals surface area contributed by atoms with Crippen LogP contribution in [0, 0.1) is 0 Å². The van der Waals surface area contributed by atoms with Gasteiger partial charge in [-0.15, -0.1) is 0 Å². The number of pyridine rings is 1. The molecule has 3 aromatic rings. The number of rotatable bonds is 3. The third-order valence-electron chi connectivity index (χ3n) is 5.07. The number of hydrogen-bond acceptors (Lipinski definition) is 7. The van der Waals surface area contributed by atoms with Crippen molar-refractivity contribution in [2.75, 3.05) is 36.2 Å². The van der Waals surface area contributed by atoms with E-state index in [-0.39, 0.29) is 6.04 Å². The molecule has 0 spiro atoms. The van der Waals surface area contributed by atoms with Gasteiger partial charge in [0.25, 0.3) is 0 Å². The monoisotopic (exact) mass is 387 g/mol. The highest BCUT2D eigenvalue weighted by molar-refractivity contribution is 7.95. The third kappa shape index (κ3) is 2.88. The number of fused-ring (bicyclic) bond motifs is 1. The molecule has 0 unspecified atom stereocenters. The van der Waals surface area contributed by atoms with Crippen molar-refractivity contribution >= 4 is 32.3 Å². The second-order valence-electron chi connectivity index (χ2n) is 6.98. The van der Waals surface area contributed by atoms with Gasteiger partial charge in [-0.3, -0.25) is 5.10 Å². The van der Waals surface area contributed by atoms with E-state index in [1.165, 1.54) is 0 Å².